The van der Waals surface area contributed by atoms with E-state index < -0.39 is 0 Å². The Labute approximate surface area is 140 Å². The predicted octanol–water partition coefficient (Wildman–Crippen LogP) is 0.303. The maximum Gasteiger partial charge on any atom is 0.227 e. The van der Waals surface area contributed by atoms with Gasteiger partial charge in [-0.2, -0.15) is 0 Å². The van der Waals surface area contributed by atoms with Crippen LogP contribution in [0.4, 0.5) is 10.2 Å². The first-order chi connectivity index (χ1) is 11.4. The SMILES string of the molecule is CCc1ncnc(N2CC(N3CC(C(=O)N(C)C)CC3=O)C2)c1F. The molecule has 130 valence electrons. The highest BCUT2D eigenvalue weighted by atomic mass is 19.1. The van der Waals surface area contributed by atoms with E-state index in [1.165, 1.54) is 11.2 Å². The van der Waals surface area contributed by atoms with Gasteiger partial charge in [0, 0.05) is 40.2 Å². The summed E-state index contributed by atoms with van der Waals surface area (Å²) < 4.78 is 14.3. The van der Waals surface area contributed by atoms with E-state index >= 15 is 0 Å². The van der Waals surface area contributed by atoms with Crippen LogP contribution in [0.3, 0.4) is 0 Å². The number of carbonyl (C=O) groups excluding carboxylic acids is 2. The highest BCUT2D eigenvalue weighted by Gasteiger charge is 2.43. The number of hydrogen-bond acceptors (Lipinski definition) is 5. The van der Waals surface area contributed by atoms with Crippen molar-refractivity contribution in [2.75, 3.05) is 38.6 Å². The van der Waals surface area contributed by atoms with Crippen LogP contribution in [0, 0.1) is 11.7 Å². The van der Waals surface area contributed by atoms with Gasteiger partial charge >= 0.3 is 0 Å². The molecule has 3 heterocycles. The fraction of sp³-hybridized carbons (Fsp3) is 0.625. The van der Waals surface area contributed by atoms with E-state index in [0.29, 0.717) is 37.6 Å². The Morgan fingerprint density at radius 2 is 2.04 bits per heavy atom. The maximum absolute atomic E-state index is 14.3. The van der Waals surface area contributed by atoms with Crippen molar-refractivity contribution in [3.05, 3.63) is 17.8 Å². The van der Waals surface area contributed by atoms with Crippen LogP contribution < -0.4 is 4.90 Å². The van der Waals surface area contributed by atoms with Gasteiger partial charge in [0.1, 0.15) is 6.33 Å². The largest absolute Gasteiger partial charge is 0.350 e. The predicted molar refractivity (Wildman–Crippen MR) is 85.9 cm³/mol. The second-order valence-electron chi connectivity index (χ2n) is 6.55. The highest BCUT2D eigenvalue weighted by molar-refractivity contribution is 5.89. The lowest BCUT2D eigenvalue weighted by atomic mass is 10.1. The van der Waals surface area contributed by atoms with Gasteiger partial charge in [-0.1, -0.05) is 6.92 Å². The molecule has 2 aliphatic rings. The summed E-state index contributed by atoms with van der Waals surface area (Å²) in [5, 5.41) is 0. The van der Waals surface area contributed by atoms with Gasteiger partial charge in [-0.3, -0.25) is 9.59 Å². The lowest BCUT2D eigenvalue weighted by molar-refractivity contribution is -0.133. The molecule has 1 aromatic rings. The zero-order valence-electron chi connectivity index (χ0n) is 14.2. The first kappa shape index (κ1) is 16.6. The summed E-state index contributed by atoms with van der Waals surface area (Å²) in [4.78, 5) is 37.3. The Kier molecular flexibility index (Phi) is 4.38. The molecule has 24 heavy (non-hydrogen) atoms. The molecule has 2 saturated heterocycles. The number of halogens is 1. The number of rotatable bonds is 4. The standard InChI is InChI=1S/C16H22FN5O2/c1-4-12-14(17)15(19-9-18-12)21-7-11(8-21)22-6-10(5-13(22)23)16(24)20(2)3/h9-11H,4-8H2,1-3H3. The van der Waals surface area contributed by atoms with Crippen LogP contribution in [0.2, 0.25) is 0 Å². The molecular weight excluding hydrogens is 313 g/mol. The summed E-state index contributed by atoms with van der Waals surface area (Å²) in [7, 11) is 3.40. The van der Waals surface area contributed by atoms with Gasteiger partial charge in [-0.15, -0.1) is 0 Å². The second-order valence-corrected chi connectivity index (χ2v) is 6.55. The molecule has 0 saturated carbocycles. The van der Waals surface area contributed by atoms with E-state index in [9.17, 15) is 14.0 Å². The Hall–Kier alpha value is -2.25. The summed E-state index contributed by atoms with van der Waals surface area (Å²) >= 11 is 0. The minimum Gasteiger partial charge on any atom is -0.350 e. The van der Waals surface area contributed by atoms with Crippen LogP contribution in [-0.2, 0) is 16.0 Å². The van der Waals surface area contributed by atoms with Gasteiger partial charge < -0.3 is 14.7 Å². The number of hydrogen-bond donors (Lipinski definition) is 0. The zero-order valence-corrected chi connectivity index (χ0v) is 14.2. The van der Waals surface area contributed by atoms with Gasteiger partial charge in [0.25, 0.3) is 0 Å². The summed E-state index contributed by atoms with van der Waals surface area (Å²) in [5.74, 6) is -0.379. The number of likely N-dealkylation sites (tertiary alicyclic amines) is 1. The first-order valence-electron chi connectivity index (χ1n) is 8.17. The average Bonchev–Trinajstić information content (AvgIpc) is 2.88. The molecule has 1 atom stereocenters. The molecule has 2 amide bonds. The molecular formula is C16H22FN5O2. The van der Waals surface area contributed by atoms with E-state index in [4.69, 9.17) is 0 Å². The minimum absolute atomic E-state index is 0.00254. The molecule has 1 aromatic heterocycles. The molecule has 2 aliphatic heterocycles. The van der Waals surface area contributed by atoms with E-state index in [2.05, 4.69) is 9.97 Å². The van der Waals surface area contributed by atoms with Crippen LogP contribution in [0.25, 0.3) is 0 Å². The van der Waals surface area contributed by atoms with Crippen molar-refractivity contribution in [3.8, 4) is 0 Å². The first-order valence-corrected chi connectivity index (χ1v) is 8.17. The van der Waals surface area contributed by atoms with Gasteiger partial charge in [0.15, 0.2) is 11.6 Å². The third kappa shape index (κ3) is 2.81. The number of aryl methyl sites for hydroxylation is 1. The monoisotopic (exact) mass is 335 g/mol. The second kappa shape index (κ2) is 6.33. The summed E-state index contributed by atoms with van der Waals surface area (Å²) in [5.41, 5.74) is 0.400. The fourth-order valence-electron chi connectivity index (χ4n) is 3.30. The summed E-state index contributed by atoms with van der Waals surface area (Å²) in [6.07, 6.45) is 2.14. The quantitative estimate of drug-likeness (QED) is 0.792. The van der Waals surface area contributed by atoms with Crippen LogP contribution in [-0.4, -0.2) is 71.4 Å². The highest BCUT2D eigenvalue weighted by Crippen LogP contribution is 2.29. The molecule has 3 rings (SSSR count). The Balaban J connectivity index is 1.63. The van der Waals surface area contributed by atoms with E-state index in [-0.39, 0.29) is 36.0 Å². The Morgan fingerprint density at radius 3 is 2.67 bits per heavy atom. The van der Waals surface area contributed by atoms with Crippen molar-refractivity contribution in [1.82, 2.24) is 19.8 Å². The van der Waals surface area contributed by atoms with Crippen LogP contribution >= 0.6 is 0 Å². The van der Waals surface area contributed by atoms with Crippen molar-refractivity contribution in [3.63, 3.8) is 0 Å². The molecule has 0 bridgehead atoms. The topological polar surface area (TPSA) is 69.6 Å². The number of nitrogens with zero attached hydrogens (tertiary/aromatic N) is 5. The lowest BCUT2D eigenvalue weighted by Gasteiger charge is -2.44. The van der Waals surface area contributed by atoms with Gasteiger partial charge in [-0.25, -0.2) is 14.4 Å². The normalized spacial score (nSPS) is 21.2. The average molecular weight is 335 g/mol. The van der Waals surface area contributed by atoms with Crippen molar-refractivity contribution >= 4 is 17.6 Å². The third-order valence-corrected chi connectivity index (χ3v) is 4.73. The van der Waals surface area contributed by atoms with Crippen molar-refractivity contribution in [2.24, 2.45) is 5.92 Å². The summed E-state index contributed by atoms with van der Waals surface area (Å²) in [6, 6.07) is 0.0110. The number of aromatic nitrogens is 2. The van der Waals surface area contributed by atoms with Crippen molar-refractivity contribution in [1.29, 1.82) is 0 Å². The van der Waals surface area contributed by atoms with Gasteiger partial charge in [0.2, 0.25) is 11.8 Å². The van der Waals surface area contributed by atoms with Crippen LogP contribution in [0.1, 0.15) is 19.0 Å². The van der Waals surface area contributed by atoms with E-state index in [1.54, 1.807) is 19.0 Å². The van der Waals surface area contributed by atoms with Crippen LogP contribution in [0.15, 0.2) is 6.33 Å². The molecule has 2 fully saturated rings. The van der Waals surface area contributed by atoms with Crippen molar-refractivity contribution in [2.45, 2.75) is 25.8 Å². The molecule has 0 N–H and O–H groups in total. The zero-order chi connectivity index (χ0) is 17.4. The van der Waals surface area contributed by atoms with Gasteiger partial charge in [-0.05, 0) is 6.42 Å². The minimum atomic E-state index is -0.383. The molecule has 7 nitrogen and oxygen atoms in total. The molecule has 0 aliphatic carbocycles. The lowest BCUT2D eigenvalue weighted by Crippen LogP contribution is -2.60. The Morgan fingerprint density at radius 1 is 1.33 bits per heavy atom. The number of amides is 2. The number of anilines is 1. The maximum atomic E-state index is 14.3. The van der Waals surface area contributed by atoms with Crippen LogP contribution in [0.5, 0.6) is 0 Å². The molecule has 0 radical (unpaired) electrons. The van der Waals surface area contributed by atoms with E-state index in [1.807, 2.05) is 11.8 Å². The Bertz CT molecular complexity index is 660. The third-order valence-electron chi connectivity index (χ3n) is 4.73. The summed E-state index contributed by atoms with van der Waals surface area (Å²) in [6.45, 7) is 3.36. The number of carbonyl (C=O) groups is 2. The smallest absolute Gasteiger partial charge is 0.227 e. The molecule has 0 aromatic carbocycles. The molecule has 0 spiro atoms. The molecule has 1 unspecified atom stereocenters. The van der Waals surface area contributed by atoms with E-state index in [0.717, 1.165) is 0 Å². The van der Waals surface area contributed by atoms with Gasteiger partial charge in [0.05, 0.1) is 17.7 Å². The molecule has 8 heteroatoms. The van der Waals surface area contributed by atoms with Crippen molar-refractivity contribution < 1.29 is 14.0 Å². The fourth-order valence-corrected chi connectivity index (χ4v) is 3.30.